The van der Waals surface area contributed by atoms with Gasteiger partial charge in [0.25, 0.3) is 0 Å². The molecular formula is C21H23ClN4S. The molecule has 2 aromatic carbocycles. The Morgan fingerprint density at radius 2 is 1.93 bits per heavy atom. The molecular weight excluding hydrogens is 376 g/mol. The minimum Gasteiger partial charge on any atom is -0.317 e. The summed E-state index contributed by atoms with van der Waals surface area (Å²) in [4.78, 5) is 4.92. The van der Waals surface area contributed by atoms with E-state index >= 15 is 0 Å². The molecule has 1 aliphatic rings. The lowest BCUT2D eigenvalue weighted by Gasteiger charge is -2.20. The molecule has 0 unspecified atom stereocenters. The summed E-state index contributed by atoms with van der Waals surface area (Å²) in [5.74, 6) is 0.617. The molecule has 0 saturated carbocycles. The highest BCUT2D eigenvalue weighted by atomic mass is 35.5. The van der Waals surface area contributed by atoms with E-state index in [-0.39, 0.29) is 12.4 Å². The van der Waals surface area contributed by atoms with Gasteiger partial charge in [-0.3, -0.25) is 4.68 Å². The maximum atomic E-state index is 4.92. The standard InChI is InChI=1S/C21H22N4S.ClH/c1-13-9-16(10-17-12-25(2)24-20(13)17)15-3-4-18-19(11-15)26-21(23-18)14-5-7-22-8-6-14;/h3-4,9-12,14,22H,5-8H2,1-2H3;1H. The first kappa shape index (κ1) is 18.4. The van der Waals surface area contributed by atoms with Crippen LogP contribution < -0.4 is 5.32 Å². The number of hydrogen-bond acceptors (Lipinski definition) is 4. The fraction of sp³-hybridized carbons (Fsp3) is 0.333. The lowest BCUT2D eigenvalue weighted by Crippen LogP contribution is -2.26. The van der Waals surface area contributed by atoms with Crippen LogP contribution in [0.1, 0.15) is 29.3 Å². The van der Waals surface area contributed by atoms with Crippen molar-refractivity contribution in [3.63, 3.8) is 0 Å². The van der Waals surface area contributed by atoms with Crippen LogP contribution in [-0.4, -0.2) is 27.9 Å². The van der Waals surface area contributed by atoms with Gasteiger partial charge in [0.2, 0.25) is 0 Å². The van der Waals surface area contributed by atoms with Crippen molar-refractivity contribution in [3.8, 4) is 11.1 Å². The highest BCUT2D eigenvalue weighted by molar-refractivity contribution is 7.18. The van der Waals surface area contributed by atoms with Crippen molar-refractivity contribution < 1.29 is 0 Å². The lowest BCUT2D eigenvalue weighted by atomic mass is 9.99. The first-order chi connectivity index (χ1) is 12.7. The van der Waals surface area contributed by atoms with Crippen molar-refractivity contribution in [2.75, 3.05) is 13.1 Å². The summed E-state index contributed by atoms with van der Waals surface area (Å²) < 4.78 is 3.18. The van der Waals surface area contributed by atoms with Crippen molar-refractivity contribution in [2.45, 2.75) is 25.7 Å². The predicted molar refractivity (Wildman–Crippen MR) is 116 cm³/mol. The average molecular weight is 399 g/mol. The van der Waals surface area contributed by atoms with E-state index in [1.807, 2.05) is 23.1 Å². The third kappa shape index (κ3) is 3.35. The number of aryl methyl sites for hydroxylation is 2. The minimum atomic E-state index is 0. The summed E-state index contributed by atoms with van der Waals surface area (Å²) in [5.41, 5.74) is 5.95. The Balaban J connectivity index is 0.00000180. The van der Waals surface area contributed by atoms with Gasteiger partial charge >= 0.3 is 0 Å². The van der Waals surface area contributed by atoms with E-state index < -0.39 is 0 Å². The van der Waals surface area contributed by atoms with Crippen molar-refractivity contribution in [1.29, 1.82) is 0 Å². The van der Waals surface area contributed by atoms with Crippen LogP contribution in [0.5, 0.6) is 0 Å². The van der Waals surface area contributed by atoms with E-state index in [0.29, 0.717) is 5.92 Å². The van der Waals surface area contributed by atoms with Crippen molar-refractivity contribution >= 4 is 44.9 Å². The number of fused-ring (bicyclic) bond motifs is 2. The zero-order valence-corrected chi connectivity index (χ0v) is 17.2. The van der Waals surface area contributed by atoms with Gasteiger partial charge in [-0.05, 0) is 73.8 Å². The molecule has 0 bridgehead atoms. The van der Waals surface area contributed by atoms with Gasteiger partial charge in [0.1, 0.15) is 0 Å². The first-order valence-electron chi connectivity index (χ1n) is 9.23. The Morgan fingerprint density at radius 3 is 2.74 bits per heavy atom. The van der Waals surface area contributed by atoms with Crippen LogP contribution in [-0.2, 0) is 7.05 Å². The number of rotatable bonds is 2. The zero-order valence-electron chi connectivity index (χ0n) is 15.5. The molecule has 4 nitrogen and oxygen atoms in total. The number of nitrogens with zero attached hydrogens (tertiary/aromatic N) is 3. The topological polar surface area (TPSA) is 42.7 Å². The second kappa shape index (κ2) is 7.23. The van der Waals surface area contributed by atoms with Gasteiger partial charge < -0.3 is 5.32 Å². The van der Waals surface area contributed by atoms with E-state index in [2.05, 4.69) is 53.9 Å². The molecule has 0 spiro atoms. The summed E-state index contributed by atoms with van der Waals surface area (Å²) >= 11 is 1.87. The first-order valence-corrected chi connectivity index (χ1v) is 10.0. The van der Waals surface area contributed by atoms with Gasteiger partial charge in [0, 0.05) is 24.5 Å². The second-order valence-corrected chi connectivity index (χ2v) is 8.35. The summed E-state index contributed by atoms with van der Waals surface area (Å²) in [5, 5.41) is 10.5. The summed E-state index contributed by atoms with van der Waals surface area (Å²) in [6.07, 6.45) is 4.49. The van der Waals surface area contributed by atoms with Gasteiger partial charge in [-0.1, -0.05) is 6.07 Å². The van der Waals surface area contributed by atoms with Crippen LogP contribution in [0.2, 0.25) is 0 Å². The van der Waals surface area contributed by atoms with E-state index in [1.54, 1.807) is 0 Å². The molecule has 0 atom stereocenters. The predicted octanol–water partition coefficient (Wildman–Crippen LogP) is 5.05. The molecule has 3 heterocycles. The molecule has 0 aliphatic carbocycles. The summed E-state index contributed by atoms with van der Waals surface area (Å²) in [6, 6.07) is 11.2. The number of thiazole rings is 1. The fourth-order valence-corrected chi connectivity index (χ4v) is 5.14. The van der Waals surface area contributed by atoms with Gasteiger partial charge in [-0.25, -0.2) is 4.98 Å². The molecule has 1 fully saturated rings. The highest BCUT2D eigenvalue weighted by Gasteiger charge is 2.19. The Bertz CT molecular complexity index is 1110. The molecule has 0 amide bonds. The number of aromatic nitrogens is 3. The molecule has 2 aromatic heterocycles. The third-order valence-corrected chi connectivity index (χ3v) is 6.52. The van der Waals surface area contributed by atoms with Gasteiger partial charge in [0.05, 0.1) is 20.7 Å². The van der Waals surface area contributed by atoms with Crippen molar-refractivity contribution in [2.24, 2.45) is 7.05 Å². The van der Waals surface area contributed by atoms with E-state index in [1.165, 1.54) is 44.6 Å². The largest absolute Gasteiger partial charge is 0.317 e. The number of nitrogens with one attached hydrogen (secondary N) is 1. The summed E-state index contributed by atoms with van der Waals surface area (Å²) in [7, 11) is 1.98. The SMILES string of the molecule is Cc1cc(-c2ccc3nc(C4CCNCC4)sc3c2)cc2cn(C)nc12.Cl. The monoisotopic (exact) mass is 398 g/mol. The van der Waals surface area contributed by atoms with Crippen LogP contribution >= 0.6 is 23.7 Å². The van der Waals surface area contributed by atoms with Gasteiger partial charge in [-0.2, -0.15) is 5.10 Å². The van der Waals surface area contributed by atoms with E-state index in [9.17, 15) is 0 Å². The van der Waals surface area contributed by atoms with Crippen LogP contribution in [0, 0.1) is 6.92 Å². The molecule has 0 radical (unpaired) electrons. The quantitative estimate of drug-likeness (QED) is 0.514. The molecule has 27 heavy (non-hydrogen) atoms. The van der Waals surface area contributed by atoms with Crippen LogP contribution in [0.3, 0.4) is 0 Å². The Labute approximate surface area is 169 Å². The molecule has 6 heteroatoms. The van der Waals surface area contributed by atoms with Crippen LogP contribution in [0.15, 0.2) is 36.5 Å². The van der Waals surface area contributed by atoms with Crippen LogP contribution in [0.4, 0.5) is 0 Å². The molecule has 1 N–H and O–H groups in total. The highest BCUT2D eigenvalue weighted by Crippen LogP contribution is 2.35. The summed E-state index contributed by atoms with van der Waals surface area (Å²) in [6.45, 7) is 4.35. The van der Waals surface area contributed by atoms with E-state index in [0.717, 1.165) is 24.1 Å². The zero-order chi connectivity index (χ0) is 17.7. The normalized spacial score (nSPS) is 15.3. The molecule has 140 valence electrons. The average Bonchev–Trinajstić information content (AvgIpc) is 3.24. The van der Waals surface area contributed by atoms with E-state index in [4.69, 9.17) is 4.98 Å². The number of benzene rings is 2. The van der Waals surface area contributed by atoms with Crippen molar-refractivity contribution in [3.05, 3.63) is 47.1 Å². The smallest absolute Gasteiger partial charge is 0.0970 e. The van der Waals surface area contributed by atoms with Gasteiger partial charge in [0.15, 0.2) is 0 Å². The molecule has 1 saturated heterocycles. The van der Waals surface area contributed by atoms with Gasteiger partial charge in [-0.15, -0.1) is 23.7 Å². The Kier molecular flexibility index (Phi) is 4.93. The number of piperidine rings is 1. The van der Waals surface area contributed by atoms with Crippen molar-refractivity contribution in [1.82, 2.24) is 20.1 Å². The second-order valence-electron chi connectivity index (χ2n) is 7.29. The minimum absolute atomic E-state index is 0. The third-order valence-electron chi connectivity index (χ3n) is 5.34. The van der Waals surface area contributed by atoms with Crippen LogP contribution in [0.25, 0.3) is 32.2 Å². The lowest BCUT2D eigenvalue weighted by molar-refractivity contribution is 0.459. The fourth-order valence-electron chi connectivity index (χ4n) is 3.96. The number of halogens is 1. The molecule has 1 aliphatic heterocycles. The Hall–Kier alpha value is -1.95. The molecule has 5 rings (SSSR count). The maximum Gasteiger partial charge on any atom is 0.0970 e. The Morgan fingerprint density at radius 1 is 1.11 bits per heavy atom. The maximum absolute atomic E-state index is 4.92. The number of hydrogen-bond donors (Lipinski definition) is 1. The molecule has 4 aromatic rings.